The van der Waals surface area contributed by atoms with Gasteiger partial charge in [-0.05, 0) is 36.8 Å². The normalized spacial score (nSPS) is 17.0. The van der Waals surface area contributed by atoms with Crippen molar-refractivity contribution in [3.8, 4) is 6.07 Å². The minimum atomic E-state index is -3.65. The molecule has 132 valence electrons. The largest absolute Gasteiger partial charge is 0.459 e. The van der Waals surface area contributed by atoms with E-state index in [1.54, 1.807) is 42.5 Å². The zero-order valence-corrected chi connectivity index (χ0v) is 14.7. The Hall–Kier alpha value is -3.18. The van der Waals surface area contributed by atoms with Crippen LogP contribution in [0, 0.1) is 11.3 Å². The number of esters is 1. The molecule has 1 aliphatic heterocycles. The number of hydrogen-bond acceptors (Lipinski definition) is 6. The molecule has 1 atom stereocenters. The summed E-state index contributed by atoms with van der Waals surface area (Å²) < 4.78 is 31.7. The van der Waals surface area contributed by atoms with Crippen molar-refractivity contribution in [1.82, 2.24) is 4.72 Å². The third-order valence-electron chi connectivity index (χ3n) is 3.79. The molecule has 26 heavy (non-hydrogen) atoms. The van der Waals surface area contributed by atoms with Gasteiger partial charge in [-0.3, -0.25) is 9.71 Å². The number of hydrogen-bond donors (Lipinski definition) is 1. The highest BCUT2D eigenvalue weighted by Gasteiger charge is 2.31. The Morgan fingerprint density at radius 2 is 1.92 bits per heavy atom. The number of nitrogens with one attached hydrogen (secondary N) is 1. The first-order valence-electron chi connectivity index (χ1n) is 7.76. The number of amidine groups is 1. The molecule has 0 amide bonds. The number of rotatable bonds is 4. The number of sulfonamides is 1. The second kappa shape index (κ2) is 6.98. The quantitative estimate of drug-likeness (QED) is 0.826. The predicted molar refractivity (Wildman–Crippen MR) is 93.7 cm³/mol. The van der Waals surface area contributed by atoms with Crippen molar-refractivity contribution < 1.29 is 17.9 Å². The summed E-state index contributed by atoms with van der Waals surface area (Å²) in [5.41, 5.74) is 1.69. The van der Waals surface area contributed by atoms with Crippen molar-refractivity contribution >= 4 is 21.8 Å². The standard InChI is InChI=1S/C18H15N3O4S/c1-12(18(22)25-11-14-8-6-13(10-19)7-9-14)20-17-15-4-2-3-5-16(15)26(23,24)21-17/h2-9,12H,11H2,1H3,(H,20,21)/t12-/m1/s1. The van der Waals surface area contributed by atoms with Crippen LogP contribution < -0.4 is 4.72 Å². The molecular formula is C18H15N3O4S. The summed E-state index contributed by atoms with van der Waals surface area (Å²) in [5, 5.41) is 8.76. The van der Waals surface area contributed by atoms with Crippen molar-refractivity contribution in [1.29, 1.82) is 5.26 Å². The third-order valence-corrected chi connectivity index (χ3v) is 5.19. The van der Waals surface area contributed by atoms with Gasteiger partial charge in [-0.25, -0.2) is 13.2 Å². The molecule has 8 heteroatoms. The summed E-state index contributed by atoms with van der Waals surface area (Å²) in [5.74, 6) is -0.450. The number of carbonyl (C=O) groups is 1. The second-order valence-corrected chi connectivity index (χ2v) is 7.32. The van der Waals surface area contributed by atoms with Crippen molar-refractivity contribution in [3.05, 3.63) is 65.2 Å². The van der Waals surface area contributed by atoms with E-state index in [9.17, 15) is 13.2 Å². The molecule has 0 bridgehead atoms. The Morgan fingerprint density at radius 3 is 2.62 bits per heavy atom. The van der Waals surface area contributed by atoms with Gasteiger partial charge in [0.05, 0.1) is 16.5 Å². The van der Waals surface area contributed by atoms with Crippen LogP contribution in [0.2, 0.25) is 0 Å². The number of carbonyl (C=O) groups excluding carboxylic acids is 1. The average Bonchev–Trinajstić information content (AvgIpc) is 2.90. The van der Waals surface area contributed by atoms with E-state index >= 15 is 0 Å². The first-order chi connectivity index (χ1) is 12.4. The summed E-state index contributed by atoms with van der Waals surface area (Å²) in [7, 11) is -3.65. The lowest BCUT2D eigenvalue weighted by atomic mass is 10.1. The van der Waals surface area contributed by atoms with Gasteiger partial charge in [0, 0.05) is 5.56 Å². The minimum absolute atomic E-state index is 0.0437. The smallest absolute Gasteiger partial charge is 0.330 e. The third kappa shape index (κ3) is 3.58. The van der Waals surface area contributed by atoms with Crippen LogP contribution in [-0.4, -0.2) is 26.3 Å². The zero-order valence-electron chi connectivity index (χ0n) is 13.8. The Balaban J connectivity index is 1.69. The molecule has 0 saturated heterocycles. The van der Waals surface area contributed by atoms with E-state index in [0.717, 1.165) is 5.56 Å². The maximum absolute atomic E-state index is 12.1. The monoisotopic (exact) mass is 369 g/mol. The molecule has 1 heterocycles. The summed E-state index contributed by atoms with van der Waals surface area (Å²) >= 11 is 0. The summed E-state index contributed by atoms with van der Waals surface area (Å²) in [4.78, 5) is 16.4. The highest BCUT2D eigenvalue weighted by atomic mass is 32.2. The van der Waals surface area contributed by atoms with Gasteiger partial charge >= 0.3 is 5.97 Å². The van der Waals surface area contributed by atoms with Crippen molar-refractivity contribution in [2.75, 3.05) is 0 Å². The van der Waals surface area contributed by atoms with Crippen molar-refractivity contribution in [2.24, 2.45) is 4.99 Å². The molecule has 0 spiro atoms. The molecule has 0 saturated carbocycles. The fraction of sp³-hybridized carbons (Fsp3) is 0.167. The van der Waals surface area contributed by atoms with Crippen LogP contribution in [0.4, 0.5) is 0 Å². The van der Waals surface area contributed by atoms with Gasteiger partial charge in [-0.2, -0.15) is 5.26 Å². The molecular weight excluding hydrogens is 354 g/mol. The second-order valence-electron chi connectivity index (χ2n) is 5.67. The molecule has 7 nitrogen and oxygen atoms in total. The average molecular weight is 369 g/mol. The highest BCUT2D eigenvalue weighted by molar-refractivity contribution is 7.90. The first-order valence-corrected chi connectivity index (χ1v) is 9.25. The van der Waals surface area contributed by atoms with E-state index < -0.39 is 22.0 Å². The van der Waals surface area contributed by atoms with Gasteiger partial charge in [0.2, 0.25) is 0 Å². The first kappa shape index (κ1) is 17.6. The molecule has 1 aliphatic rings. The van der Waals surface area contributed by atoms with Gasteiger partial charge in [0.15, 0.2) is 0 Å². The van der Waals surface area contributed by atoms with E-state index in [0.29, 0.717) is 11.1 Å². The maximum atomic E-state index is 12.1. The van der Waals surface area contributed by atoms with Gasteiger partial charge < -0.3 is 4.74 Å². The number of aliphatic imine (C=N–C) groups is 1. The molecule has 2 aromatic rings. The Labute approximate surface area is 151 Å². The van der Waals surface area contributed by atoms with Crippen LogP contribution in [0.1, 0.15) is 23.6 Å². The van der Waals surface area contributed by atoms with Gasteiger partial charge in [-0.15, -0.1) is 0 Å². The van der Waals surface area contributed by atoms with Gasteiger partial charge in [-0.1, -0.05) is 24.3 Å². The lowest BCUT2D eigenvalue weighted by Gasteiger charge is -2.09. The van der Waals surface area contributed by atoms with Crippen LogP contribution in [0.15, 0.2) is 58.4 Å². The van der Waals surface area contributed by atoms with Gasteiger partial charge in [0.1, 0.15) is 18.5 Å². The molecule has 1 N–H and O–H groups in total. The molecule has 3 rings (SSSR count). The fourth-order valence-corrected chi connectivity index (χ4v) is 3.67. The fourth-order valence-electron chi connectivity index (χ4n) is 2.43. The van der Waals surface area contributed by atoms with E-state index in [1.807, 2.05) is 6.07 Å². The van der Waals surface area contributed by atoms with Crippen molar-refractivity contribution in [2.45, 2.75) is 24.5 Å². The topological polar surface area (TPSA) is 109 Å². The number of nitrogens with zero attached hydrogens (tertiary/aromatic N) is 2. The van der Waals surface area contributed by atoms with Crippen LogP contribution in [0.3, 0.4) is 0 Å². The SMILES string of the molecule is C[C@@H](N=C1NS(=O)(=O)c2ccccc21)C(=O)OCc1ccc(C#N)cc1. The van der Waals surface area contributed by atoms with Crippen LogP contribution in [0.5, 0.6) is 0 Å². The van der Waals surface area contributed by atoms with E-state index in [1.165, 1.54) is 13.0 Å². The highest BCUT2D eigenvalue weighted by Crippen LogP contribution is 2.22. The maximum Gasteiger partial charge on any atom is 0.330 e. The molecule has 0 radical (unpaired) electrons. The van der Waals surface area contributed by atoms with Crippen LogP contribution in [0.25, 0.3) is 0 Å². The Kier molecular flexibility index (Phi) is 4.73. The molecule has 0 unspecified atom stereocenters. The Morgan fingerprint density at radius 1 is 1.23 bits per heavy atom. The Bertz CT molecular complexity index is 1020. The lowest BCUT2D eigenvalue weighted by molar-refractivity contribution is -0.146. The number of ether oxygens (including phenoxy) is 1. The molecule has 0 aromatic heterocycles. The molecule has 0 fully saturated rings. The van der Waals surface area contributed by atoms with E-state index in [-0.39, 0.29) is 17.3 Å². The van der Waals surface area contributed by atoms with E-state index in [2.05, 4.69) is 9.71 Å². The summed E-state index contributed by atoms with van der Waals surface area (Å²) in [6.45, 7) is 1.57. The predicted octanol–water partition coefficient (Wildman–Crippen LogP) is 1.73. The number of nitriles is 1. The van der Waals surface area contributed by atoms with Crippen molar-refractivity contribution in [3.63, 3.8) is 0 Å². The van der Waals surface area contributed by atoms with Gasteiger partial charge in [0.25, 0.3) is 10.0 Å². The lowest BCUT2D eigenvalue weighted by Crippen LogP contribution is -2.26. The van der Waals surface area contributed by atoms with Crippen LogP contribution in [-0.2, 0) is 26.2 Å². The van der Waals surface area contributed by atoms with Crippen LogP contribution >= 0.6 is 0 Å². The summed E-state index contributed by atoms with van der Waals surface area (Å²) in [6, 6.07) is 14.2. The zero-order chi connectivity index (χ0) is 18.7. The number of benzene rings is 2. The number of fused-ring (bicyclic) bond motifs is 1. The van der Waals surface area contributed by atoms with E-state index in [4.69, 9.17) is 10.00 Å². The molecule has 2 aromatic carbocycles. The summed E-state index contributed by atoms with van der Waals surface area (Å²) in [6.07, 6.45) is 0. The molecule has 0 aliphatic carbocycles. The minimum Gasteiger partial charge on any atom is -0.459 e.